The topological polar surface area (TPSA) is 82.1 Å². The van der Waals surface area contributed by atoms with Crippen LogP contribution < -0.4 is 0 Å². The number of aryl methyl sites for hydroxylation is 1. The molecule has 0 unspecified atom stereocenters. The Labute approximate surface area is 91.1 Å². The second-order valence-electron chi connectivity index (χ2n) is 3.38. The van der Waals surface area contributed by atoms with Gasteiger partial charge in [-0.05, 0) is 19.9 Å². The van der Waals surface area contributed by atoms with E-state index < -0.39 is 4.92 Å². The van der Waals surface area contributed by atoms with E-state index in [1.54, 1.807) is 6.07 Å². The maximum absolute atomic E-state index is 10.4. The van der Waals surface area contributed by atoms with E-state index in [9.17, 15) is 10.1 Å². The summed E-state index contributed by atoms with van der Waals surface area (Å²) in [5, 5.41) is 14.3. The second kappa shape index (κ2) is 3.73. The largest absolute Gasteiger partial charge is 0.354 e. The highest BCUT2D eigenvalue weighted by atomic mass is 16.6. The Morgan fingerprint density at radius 3 is 2.56 bits per heavy atom. The summed E-state index contributed by atoms with van der Waals surface area (Å²) in [5.74, 6) is 0.549. The second-order valence-corrected chi connectivity index (χ2v) is 3.38. The lowest BCUT2D eigenvalue weighted by molar-refractivity contribution is -0.385. The molecule has 0 saturated heterocycles. The van der Waals surface area contributed by atoms with Gasteiger partial charge in [0.05, 0.1) is 10.6 Å². The highest BCUT2D eigenvalue weighted by Gasteiger charge is 2.13. The van der Waals surface area contributed by atoms with Gasteiger partial charge in [-0.2, -0.15) is 0 Å². The van der Waals surface area contributed by atoms with Crippen LogP contribution in [0.15, 0.2) is 22.9 Å². The quantitative estimate of drug-likeness (QED) is 0.571. The molecule has 6 nitrogen and oxygen atoms in total. The molecule has 0 atom stereocenters. The molecule has 0 aliphatic heterocycles. The third-order valence-corrected chi connectivity index (χ3v) is 2.35. The van der Waals surface area contributed by atoms with Crippen LogP contribution in [0.2, 0.25) is 0 Å². The normalized spacial score (nSPS) is 10.4. The summed E-state index contributed by atoms with van der Waals surface area (Å²) < 4.78 is 5.10. The first kappa shape index (κ1) is 10.3. The molecule has 0 aliphatic rings. The molecular weight excluding hydrogens is 210 g/mol. The molecule has 6 heteroatoms. The van der Waals surface area contributed by atoms with Gasteiger partial charge in [-0.3, -0.25) is 10.1 Å². The third-order valence-electron chi connectivity index (χ3n) is 2.35. The fourth-order valence-electron chi connectivity index (χ4n) is 1.28. The Balaban J connectivity index is 2.42. The molecular formula is C10H9N3O3. The molecule has 0 aliphatic carbocycles. The molecule has 82 valence electrons. The maximum atomic E-state index is 10.4. The van der Waals surface area contributed by atoms with E-state index >= 15 is 0 Å². The van der Waals surface area contributed by atoms with Gasteiger partial charge in [0, 0.05) is 11.6 Å². The zero-order valence-electron chi connectivity index (χ0n) is 8.80. The Hall–Kier alpha value is -2.24. The van der Waals surface area contributed by atoms with Gasteiger partial charge < -0.3 is 4.52 Å². The lowest BCUT2D eigenvalue weighted by Crippen LogP contribution is -1.90. The molecule has 0 radical (unpaired) electrons. The van der Waals surface area contributed by atoms with Crippen molar-refractivity contribution in [2.75, 3.05) is 0 Å². The molecule has 0 saturated carbocycles. The van der Waals surface area contributed by atoms with E-state index in [1.807, 2.05) is 13.8 Å². The summed E-state index contributed by atoms with van der Waals surface area (Å²) >= 11 is 0. The predicted molar refractivity (Wildman–Crippen MR) is 55.9 cm³/mol. The average Bonchev–Trinajstić information content (AvgIpc) is 2.60. The number of pyridine rings is 1. The molecule has 16 heavy (non-hydrogen) atoms. The molecule has 2 heterocycles. The van der Waals surface area contributed by atoms with Crippen molar-refractivity contribution in [2.45, 2.75) is 13.8 Å². The van der Waals surface area contributed by atoms with Crippen molar-refractivity contribution in [2.24, 2.45) is 0 Å². The minimum absolute atomic E-state index is 0.0439. The fraction of sp³-hybridized carbons (Fsp3) is 0.200. The van der Waals surface area contributed by atoms with Gasteiger partial charge in [0.25, 0.3) is 5.69 Å². The zero-order valence-corrected chi connectivity index (χ0v) is 8.80. The molecule has 0 bridgehead atoms. The smallest absolute Gasteiger partial charge is 0.287 e. The van der Waals surface area contributed by atoms with Crippen molar-refractivity contribution in [3.05, 3.63) is 39.7 Å². The van der Waals surface area contributed by atoms with E-state index in [4.69, 9.17) is 4.52 Å². The highest BCUT2D eigenvalue weighted by molar-refractivity contribution is 5.58. The van der Waals surface area contributed by atoms with E-state index in [1.165, 1.54) is 12.3 Å². The number of nitrogens with zero attached hydrogens (tertiary/aromatic N) is 3. The van der Waals surface area contributed by atoms with Gasteiger partial charge in [-0.25, -0.2) is 4.98 Å². The summed E-state index contributed by atoms with van der Waals surface area (Å²) in [5.41, 5.74) is 2.18. The number of rotatable bonds is 2. The van der Waals surface area contributed by atoms with E-state index in [-0.39, 0.29) is 5.69 Å². The summed E-state index contributed by atoms with van der Waals surface area (Å²) in [4.78, 5) is 13.9. The minimum Gasteiger partial charge on any atom is -0.354 e. The Bertz CT molecular complexity index is 531. The van der Waals surface area contributed by atoms with Crippen LogP contribution in [0.4, 0.5) is 5.69 Å². The molecule has 2 aromatic heterocycles. The average molecular weight is 219 g/mol. The van der Waals surface area contributed by atoms with Crippen LogP contribution in [-0.4, -0.2) is 15.1 Å². The zero-order chi connectivity index (χ0) is 11.7. The van der Waals surface area contributed by atoms with Crippen molar-refractivity contribution >= 4 is 5.69 Å². The van der Waals surface area contributed by atoms with Crippen molar-refractivity contribution < 1.29 is 9.45 Å². The van der Waals surface area contributed by atoms with Crippen LogP contribution in [-0.2, 0) is 0 Å². The molecule has 0 N–H and O–H groups in total. The minimum atomic E-state index is -0.491. The summed E-state index contributed by atoms with van der Waals surface area (Å²) in [7, 11) is 0. The van der Waals surface area contributed by atoms with Crippen LogP contribution >= 0.6 is 0 Å². The molecule has 0 amide bonds. The van der Waals surface area contributed by atoms with Crippen molar-refractivity contribution in [3.63, 3.8) is 0 Å². The van der Waals surface area contributed by atoms with Gasteiger partial charge in [0.15, 0.2) is 5.76 Å². The lowest BCUT2D eigenvalue weighted by Gasteiger charge is -1.96. The van der Waals surface area contributed by atoms with Crippen molar-refractivity contribution in [1.29, 1.82) is 0 Å². The van der Waals surface area contributed by atoms with Gasteiger partial charge in [-0.1, -0.05) is 5.16 Å². The number of nitro groups is 1. The van der Waals surface area contributed by atoms with E-state index in [0.717, 1.165) is 11.3 Å². The van der Waals surface area contributed by atoms with E-state index in [0.29, 0.717) is 11.5 Å². The number of aromatic nitrogens is 2. The number of hydrogen-bond donors (Lipinski definition) is 0. The van der Waals surface area contributed by atoms with Gasteiger partial charge in [-0.15, -0.1) is 0 Å². The molecule has 0 spiro atoms. The lowest BCUT2D eigenvalue weighted by atomic mass is 10.1. The van der Waals surface area contributed by atoms with Gasteiger partial charge in [0.1, 0.15) is 11.9 Å². The van der Waals surface area contributed by atoms with Gasteiger partial charge >= 0.3 is 0 Å². The predicted octanol–water partition coefficient (Wildman–Crippen LogP) is 2.26. The molecule has 2 rings (SSSR count). The van der Waals surface area contributed by atoms with Crippen LogP contribution in [0.1, 0.15) is 11.3 Å². The Morgan fingerprint density at radius 2 is 2.12 bits per heavy atom. The maximum Gasteiger partial charge on any atom is 0.287 e. The molecule has 2 aromatic rings. The van der Waals surface area contributed by atoms with E-state index in [2.05, 4.69) is 10.1 Å². The highest BCUT2D eigenvalue weighted by Crippen LogP contribution is 2.24. The Kier molecular flexibility index (Phi) is 2.40. The van der Waals surface area contributed by atoms with Crippen molar-refractivity contribution in [1.82, 2.24) is 10.1 Å². The van der Waals surface area contributed by atoms with Crippen LogP contribution in [0.3, 0.4) is 0 Å². The van der Waals surface area contributed by atoms with Crippen LogP contribution in [0.5, 0.6) is 0 Å². The van der Waals surface area contributed by atoms with Crippen LogP contribution in [0, 0.1) is 24.0 Å². The summed E-state index contributed by atoms with van der Waals surface area (Å²) in [6.07, 6.45) is 1.20. The number of hydrogen-bond acceptors (Lipinski definition) is 5. The first-order chi connectivity index (χ1) is 7.59. The summed E-state index contributed by atoms with van der Waals surface area (Å²) in [6.45, 7) is 3.69. The summed E-state index contributed by atoms with van der Waals surface area (Å²) in [6, 6.07) is 2.94. The van der Waals surface area contributed by atoms with Gasteiger partial charge in [0.2, 0.25) is 0 Å². The SMILES string of the molecule is Cc1noc(-c2ccc([N+](=O)[O-])cn2)c1C. The van der Waals surface area contributed by atoms with Crippen molar-refractivity contribution in [3.8, 4) is 11.5 Å². The fourth-order valence-corrected chi connectivity index (χ4v) is 1.28. The third kappa shape index (κ3) is 1.65. The monoisotopic (exact) mass is 219 g/mol. The molecule has 0 fully saturated rings. The van der Waals surface area contributed by atoms with Crippen LogP contribution in [0.25, 0.3) is 11.5 Å². The Morgan fingerprint density at radius 1 is 1.38 bits per heavy atom. The first-order valence-corrected chi connectivity index (χ1v) is 4.63. The first-order valence-electron chi connectivity index (χ1n) is 4.63. The standard InChI is InChI=1S/C10H9N3O3/c1-6-7(2)12-16-10(6)9-4-3-8(5-11-9)13(14)15/h3-5H,1-2H3. The molecule has 0 aromatic carbocycles.